The summed E-state index contributed by atoms with van der Waals surface area (Å²) in [5, 5.41) is 9.22. The van der Waals surface area contributed by atoms with Crippen LogP contribution in [0.2, 0.25) is 0 Å². The van der Waals surface area contributed by atoms with E-state index in [0.29, 0.717) is 16.6 Å². The van der Waals surface area contributed by atoms with Crippen molar-refractivity contribution in [3.8, 4) is 0 Å². The molecule has 3 rings (SSSR count). The first-order valence-corrected chi connectivity index (χ1v) is 8.26. The van der Waals surface area contributed by atoms with Crippen LogP contribution in [0, 0.1) is 13.8 Å². The zero-order valence-electron chi connectivity index (χ0n) is 12.0. The lowest BCUT2D eigenvalue weighted by molar-refractivity contribution is 0.872. The number of anilines is 1. The fourth-order valence-corrected chi connectivity index (χ4v) is 3.66. The minimum atomic E-state index is -0.137. The quantitative estimate of drug-likeness (QED) is 0.799. The molecule has 0 radical (unpaired) electrons. The summed E-state index contributed by atoms with van der Waals surface area (Å²) in [6.45, 7) is 6.63. The minimum Gasteiger partial charge on any atom is -0.354 e. The third-order valence-corrected chi connectivity index (χ3v) is 4.86. The van der Waals surface area contributed by atoms with Crippen molar-refractivity contribution in [2.45, 2.75) is 33.7 Å². The van der Waals surface area contributed by atoms with Crippen molar-refractivity contribution in [3.63, 3.8) is 0 Å². The van der Waals surface area contributed by atoms with E-state index in [0.717, 1.165) is 22.8 Å². The van der Waals surface area contributed by atoms with Gasteiger partial charge in [0.15, 0.2) is 0 Å². The summed E-state index contributed by atoms with van der Waals surface area (Å²) in [5.74, 6) is 0. The highest BCUT2D eigenvalue weighted by Crippen LogP contribution is 2.20. The second kappa shape index (κ2) is 5.53. The highest BCUT2D eigenvalue weighted by molar-refractivity contribution is 7.20. The molecule has 110 valence electrons. The Morgan fingerprint density at radius 1 is 1.29 bits per heavy atom. The van der Waals surface area contributed by atoms with Crippen LogP contribution in [0.3, 0.4) is 0 Å². The van der Waals surface area contributed by atoms with Gasteiger partial charge in [0.1, 0.15) is 0 Å². The number of hydrogen-bond donors (Lipinski definition) is 1. The van der Waals surface area contributed by atoms with Crippen LogP contribution in [-0.4, -0.2) is 19.6 Å². The molecule has 0 fully saturated rings. The van der Waals surface area contributed by atoms with Crippen LogP contribution >= 0.6 is 22.7 Å². The second-order valence-electron chi connectivity index (χ2n) is 4.63. The van der Waals surface area contributed by atoms with Crippen molar-refractivity contribution in [3.05, 3.63) is 37.7 Å². The third kappa shape index (κ3) is 2.81. The lowest BCUT2D eigenvalue weighted by Gasteiger charge is -1.99. The molecule has 6 nitrogen and oxygen atoms in total. The molecule has 0 amide bonds. The molecular formula is C13H15N5OS2. The molecule has 3 aromatic rings. The Balaban J connectivity index is 1.86. The van der Waals surface area contributed by atoms with Crippen LogP contribution in [0.15, 0.2) is 10.9 Å². The minimum absolute atomic E-state index is 0.137. The number of fused-ring (bicyclic) bond motifs is 1. The molecule has 8 heteroatoms. The van der Waals surface area contributed by atoms with Gasteiger partial charge in [0.25, 0.3) is 5.56 Å². The number of nitrogens with one attached hydrogen (secondary N) is 1. The molecule has 3 heterocycles. The normalized spacial score (nSPS) is 11.2. The first-order valence-electron chi connectivity index (χ1n) is 6.63. The largest absolute Gasteiger partial charge is 0.354 e. The highest BCUT2D eigenvalue weighted by atomic mass is 32.1. The molecule has 1 N–H and O–H groups in total. The first-order chi connectivity index (χ1) is 10.1. The summed E-state index contributed by atoms with van der Waals surface area (Å²) in [4.78, 5) is 22.6. The number of aryl methyl sites for hydroxylation is 3. The van der Waals surface area contributed by atoms with E-state index in [2.05, 4.69) is 27.3 Å². The number of thiazole rings is 1. The van der Waals surface area contributed by atoms with Gasteiger partial charge in [0.2, 0.25) is 10.1 Å². The van der Waals surface area contributed by atoms with Gasteiger partial charge in [-0.3, -0.25) is 4.79 Å². The van der Waals surface area contributed by atoms with E-state index in [1.54, 1.807) is 11.3 Å². The predicted octanol–water partition coefficient (Wildman–Crippen LogP) is 2.40. The predicted molar refractivity (Wildman–Crippen MR) is 85.4 cm³/mol. The van der Waals surface area contributed by atoms with Gasteiger partial charge in [-0.15, -0.1) is 16.4 Å². The monoisotopic (exact) mass is 321 g/mol. The maximum atomic E-state index is 11.9. The third-order valence-electron chi connectivity index (χ3n) is 3.07. The van der Waals surface area contributed by atoms with E-state index in [1.807, 2.05) is 13.8 Å². The first kappa shape index (κ1) is 14.2. The summed E-state index contributed by atoms with van der Waals surface area (Å²) in [6.07, 6.45) is 0.740. The zero-order valence-corrected chi connectivity index (χ0v) is 13.6. The molecular weight excluding hydrogens is 306 g/mol. The fourth-order valence-electron chi connectivity index (χ4n) is 2.00. The molecule has 3 aromatic heterocycles. The molecule has 0 aliphatic rings. The van der Waals surface area contributed by atoms with Crippen molar-refractivity contribution in [2.24, 2.45) is 0 Å². The van der Waals surface area contributed by atoms with Crippen molar-refractivity contribution in [2.75, 3.05) is 5.32 Å². The van der Waals surface area contributed by atoms with Crippen LogP contribution in [-0.2, 0) is 13.0 Å². The maximum absolute atomic E-state index is 11.9. The molecule has 0 aromatic carbocycles. The molecule has 21 heavy (non-hydrogen) atoms. The Kier molecular flexibility index (Phi) is 3.73. The molecule has 0 aliphatic carbocycles. The van der Waals surface area contributed by atoms with E-state index in [9.17, 15) is 4.79 Å². The summed E-state index contributed by atoms with van der Waals surface area (Å²) < 4.78 is 1.34. The Bertz CT molecular complexity index is 848. The summed E-state index contributed by atoms with van der Waals surface area (Å²) >= 11 is 3.06. The van der Waals surface area contributed by atoms with Crippen LogP contribution in [0.25, 0.3) is 4.96 Å². The van der Waals surface area contributed by atoms with Crippen LogP contribution in [0.4, 0.5) is 5.13 Å². The molecule has 0 saturated heterocycles. The Hall–Kier alpha value is -1.80. The molecule has 0 saturated carbocycles. The van der Waals surface area contributed by atoms with E-state index >= 15 is 0 Å². The van der Waals surface area contributed by atoms with E-state index in [1.165, 1.54) is 26.8 Å². The lowest BCUT2D eigenvalue weighted by atomic mass is 10.3. The average molecular weight is 321 g/mol. The summed E-state index contributed by atoms with van der Waals surface area (Å²) in [7, 11) is 0. The highest BCUT2D eigenvalue weighted by Gasteiger charge is 2.10. The van der Waals surface area contributed by atoms with Gasteiger partial charge in [-0.25, -0.2) is 9.97 Å². The standard InChI is InChI=1S/C13H15N5OS2/c1-4-9-5-11(19)18-13(16-9)21-12(17-18)14-6-10-7(2)20-8(3)15-10/h5H,4,6H2,1-3H3,(H,14,17). The number of nitrogens with zero attached hydrogens (tertiary/aromatic N) is 4. The van der Waals surface area contributed by atoms with Crippen LogP contribution < -0.4 is 10.9 Å². The van der Waals surface area contributed by atoms with Crippen LogP contribution in [0.5, 0.6) is 0 Å². The number of hydrogen-bond acceptors (Lipinski definition) is 7. The van der Waals surface area contributed by atoms with Gasteiger partial charge >= 0.3 is 0 Å². The van der Waals surface area contributed by atoms with Gasteiger partial charge in [0, 0.05) is 16.6 Å². The van der Waals surface area contributed by atoms with Crippen molar-refractivity contribution >= 4 is 32.8 Å². The van der Waals surface area contributed by atoms with E-state index < -0.39 is 0 Å². The van der Waals surface area contributed by atoms with E-state index in [4.69, 9.17) is 0 Å². The Morgan fingerprint density at radius 3 is 2.76 bits per heavy atom. The van der Waals surface area contributed by atoms with Gasteiger partial charge in [-0.2, -0.15) is 4.52 Å². The zero-order chi connectivity index (χ0) is 15.0. The van der Waals surface area contributed by atoms with Gasteiger partial charge in [0.05, 0.1) is 17.2 Å². The smallest absolute Gasteiger partial charge is 0.275 e. The molecule has 0 unspecified atom stereocenters. The molecule has 0 spiro atoms. The Labute approximate surface area is 129 Å². The summed E-state index contributed by atoms with van der Waals surface area (Å²) in [5.41, 5.74) is 1.68. The van der Waals surface area contributed by atoms with Gasteiger partial charge in [-0.05, 0) is 20.3 Å². The second-order valence-corrected chi connectivity index (χ2v) is 6.99. The SMILES string of the molecule is CCc1cc(=O)n2nc(NCc3nc(C)sc3C)sc2n1. The van der Waals surface area contributed by atoms with Crippen molar-refractivity contribution in [1.29, 1.82) is 0 Å². The lowest BCUT2D eigenvalue weighted by Crippen LogP contribution is -2.15. The maximum Gasteiger partial charge on any atom is 0.275 e. The van der Waals surface area contributed by atoms with Gasteiger partial charge < -0.3 is 5.32 Å². The van der Waals surface area contributed by atoms with Crippen LogP contribution in [0.1, 0.15) is 28.2 Å². The van der Waals surface area contributed by atoms with Crippen molar-refractivity contribution < 1.29 is 0 Å². The molecule has 0 aliphatic heterocycles. The fraction of sp³-hybridized carbons (Fsp3) is 0.385. The topological polar surface area (TPSA) is 72.2 Å². The molecule has 0 bridgehead atoms. The number of rotatable bonds is 4. The molecule has 0 atom stereocenters. The number of aromatic nitrogens is 4. The van der Waals surface area contributed by atoms with Crippen molar-refractivity contribution in [1.82, 2.24) is 19.6 Å². The average Bonchev–Trinajstić information content (AvgIpc) is 2.99. The van der Waals surface area contributed by atoms with Gasteiger partial charge in [-0.1, -0.05) is 18.3 Å². The summed E-state index contributed by atoms with van der Waals surface area (Å²) in [6, 6.07) is 1.53. The Morgan fingerprint density at radius 2 is 2.10 bits per heavy atom. The van der Waals surface area contributed by atoms with E-state index in [-0.39, 0.29) is 5.56 Å².